The molecule has 1 aliphatic carbocycles. The Labute approximate surface area is 222 Å². The van der Waals surface area contributed by atoms with Crippen molar-refractivity contribution in [2.75, 3.05) is 32.9 Å². The second-order valence-electron chi connectivity index (χ2n) is 10.6. The molecule has 0 radical (unpaired) electrons. The van der Waals surface area contributed by atoms with Gasteiger partial charge < -0.3 is 77.8 Å². The number of hydrogen-bond donors (Lipinski definition) is 12. The number of nitrogens with one attached hydrogen (secondary N) is 2. The molecule has 15 N–H and O–H groups in total. The van der Waals surface area contributed by atoms with Crippen molar-refractivity contribution < 1.29 is 50.0 Å². The molecule has 15 heteroatoms. The van der Waals surface area contributed by atoms with Gasteiger partial charge in [-0.15, -0.1) is 0 Å². The molecule has 38 heavy (non-hydrogen) atoms. The molecule has 15 nitrogen and oxygen atoms in total. The molecule has 1 unspecified atom stereocenters. The van der Waals surface area contributed by atoms with Gasteiger partial charge in [0.15, 0.2) is 6.29 Å². The molecular formula is C23H47N5O10. The van der Waals surface area contributed by atoms with Crippen LogP contribution in [0.25, 0.3) is 0 Å². The number of nitrogens with two attached hydrogens (primary N) is 3. The third-order valence-corrected chi connectivity index (χ3v) is 7.94. The number of rotatable bonds is 11. The summed E-state index contributed by atoms with van der Waals surface area (Å²) in [6.07, 6.45) is -9.51. The number of aliphatic hydroxyl groups excluding tert-OH is 7. The lowest BCUT2D eigenvalue weighted by molar-refractivity contribution is -0.307. The Morgan fingerprint density at radius 1 is 0.895 bits per heavy atom. The van der Waals surface area contributed by atoms with E-state index in [2.05, 4.69) is 10.6 Å². The molecule has 2 aliphatic heterocycles. The van der Waals surface area contributed by atoms with Crippen LogP contribution in [0.3, 0.4) is 0 Å². The molecule has 0 aromatic carbocycles. The molecule has 3 fully saturated rings. The van der Waals surface area contributed by atoms with E-state index in [1.165, 1.54) is 0 Å². The lowest BCUT2D eigenvalue weighted by atomic mass is 9.72. The molecule has 0 spiro atoms. The monoisotopic (exact) mass is 553 g/mol. The van der Waals surface area contributed by atoms with Crippen molar-refractivity contribution in [3.05, 3.63) is 0 Å². The van der Waals surface area contributed by atoms with Crippen molar-refractivity contribution in [3.63, 3.8) is 0 Å². The third kappa shape index (κ3) is 6.99. The Morgan fingerprint density at radius 2 is 1.58 bits per heavy atom. The van der Waals surface area contributed by atoms with Crippen LogP contribution in [0.15, 0.2) is 0 Å². The van der Waals surface area contributed by atoms with Gasteiger partial charge >= 0.3 is 0 Å². The molecule has 0 aromatic heterocycles. The molecule has 2 heterocycles. The fourth-order valence-electron chi connectivity index (χ4n) is 5.73. The van der Waals surface area contributed by atoms with E-state index >= 15 is 0 Å². The summed E-state index contributed by atoms with van der Waals surface area (Å²) in [5.74, 6) is -0.750. The number of likely N-dealkylation sites (N-methyl/N-ethyl adjacent to an activating group) is 1. The largest absolute Gasteiger partial charge is 0.395 e. The van der Waals surface area contributed by atoms with Crippen LogP contribution in [0.1, 0.15) is 19.8 Å². The van der Waals surface area contributed by atoms with Gasteiger partial charge in [0.2, 0.25) is 0 Å². The van der Waals surface area contributed by atoms with Crippen LogP contribution < -0.4 is 27.8 Å². The Balaban J connectivity index is 1.87. The van der Waals surface area contributed by atoms with Gasteiger partial charge in [-0.1, -0.05) is 6.92 Å². The van der Waals surface area contributed by atoms with Crippen LogP contribution in [0.2, 0.25) is 0 Å². The quantitative estimate of drug-likeness (QED) is 0.113. The predicted octanol–water partition coefficient (Wildman–Crippen LogP) is -6.39. The first kappa shape index (κ1) is 31.9. The first-order valence-corrected chi connectivity index (χ1v) is 13.3. The maximum atomic E-state index is 11.6. The molecule has 14 atom stereocenters. The average molecular weight is 554 g/mol. The van der Waals surface area contributed by atoms with Crippen LogP contribution in [0, 0.1) is 5.92 Å². The highest BCUT2D eigenvalue weighted by Crippen LogP contribution is 2.36. The molecule has 0 amide bonds. The Morgan fingerprint density at radius 3 is 2.18 bits per heavy atom. The summed E-state index contributed by atoms with van der Waals surface area (Å²) in [7, 11) is 0. The number of ether oxygens (including phenoxy) is 3. The highest BCUT2D eigenvalue weighted by molar-refractivity contribution is 5.06. The average Bonchev–Trinajstić information content (AvgIpc) is 2.89. The molecule has 1 saturated carbocycles. The van der Waals surface area contributed by atoms with Crippen molar-refractivity contribution in [1.82, 2.24) is 10.6 Å². The Bertz CT molecular complexity index is 709. The van der Waals surface area contributed by atoms with Gasteiger partial charge in [0.25, 0.3) is 0 Å². The molecule has 2 saturated heterocycles. The van der Waals surface area contributed by atoms with Gasteiger partial charge in [-0.25, -0.2) is 0 Å². The van der Waals surface area contributed by atoms with Crippen molar-refractivity contribution in [2.45, 2.75) is 105 Å². The van der Waals surface area contributed by atoms with Crippen LogP contribution in [-0.2, 0) is 14.2 Å². The van der Waals surface area contributed by atoms with Crippen molar-refractivity contribution in [2.24, 2.45) is 23.1 Å². The summed E-state index contributed by atoms with van der Waals surface area (Å²) in [5, 5.41) is 78.0. The summed E-state index contributed by atoms with van der Waals surface area (Å²) in [6, 6.07) is -3.95. The standard InChI is InChI=1S/C23H47N5O10/c1-2-27-5-14-13(32)4-11(25)21(36-14)16-10(24)3-12(28-9(6-29)7-30)22(19(16)34)38-23-20(35)17(26)18(33)15(8-31)37-23/h9-23,27-35H,2-8,24-26H2,1H3/t10-,11+,12+,13-,14+,15+,16?,17-,18+,19-,20+,21-,22-,23+/m0/s1. The van der Waals surface area contributed by atoms with Gasteiger partial charge in [-0.05, 0) is 19.4 Å². The lowest BCUT2D eigenvalue weighted by Gasteiger charge is -2.52. The van der Waals surface area contributed by atoms with Crippen molar-refractivity contribution in [1.29, 1.82) is 0 Å². The second-order valence-corrected chi connectivity index (χ2v) is 10.6. The van der Waals surface area contributed by atoms with Gasteiger partial charge in [-0.2, -0.15) is 0 Å². The van der Waals surface area contributed by atoms with Crippen LogP contribution >= 0.6 is 0 Å². The van der Waals surface area contributed by atoms with Crippen LogP contribution in [0.4, 0.5) is 0 Å². The minimum absolute atomic E-state index is 0.205. The van der Waals surface area contributed by atoms with Crippen molar-refractivity contribution >= 4 is 0 Å². The minimum Gasteiger partial charge on any atom is -0.395 e. The SMILES string of the molecule is CCNC[C@H]1O[C@H](C2[C@@H](N)C[C@@H](NC(CO)CO)[C@H](O[C@H]3O[C@H](CO)[C@@H](O)[C@H](N)[C@H]3O)[C@H]2O)[C@H](N)C[C@@H]1O. The molecule has 0 bridgehead atoms. The van der Waals surface area contributed by atoms with Gasteiger partial charge in [0.1, 0.15) is 24.4 Å². The Hall–Kier alpha value is -0.600. The number of hydrogen-bond acceptors (Lipinski definition) is 15. The number of aliphatic hydroxyl groups is 7. The van der Waals surface area contributed by atoms with E-state index in [4.69, 9.17) is 31.4 Å². The van der Waals surface area contributed by atoms with E-state index in [0.29, 0.717) is 13.1 Å². The molecular weight excluding hydrogens is 506 g/mol. The fourth-order valence-corrected chi connectivity index (χ4v) is 5.73. The first-order valence-electron chi connectivity index (χ1n) is 13.3. The second kappa shape index (κ2) is 14.3. The summed E-state index contributed by atoms with van der Waals surface area (Å²) in [6.45, 7) is 1.59. The van der Waals surface area contributed by atoms with Gasteiger partial charge in [0.05, 0.1) is 56.3 Å². The van der Waals surface area contributed by atoms with E-state index < -0.39 is 111 Å². The summed E-state index contributed by atoms with van der Waals surface area (Å²) >= 11 is 0. The molecule has 0 aromatic rings. The molecule has 224 valence electrons. The fraction of sp³-hybridized carbons (Fsp3) is 1.00. The lowest BCUT2D eigenvalue weighted by Crippen LogP contribution is -2.70. The zero-order valence-corrected chi connectivity index (χ0v) is 21.7. The maximum Gasteiger partial charge on any atom is 0.186 e. The normalized spacial score (nSPS) is 46.4. The van der Waals surface area contributed by atoms with Crippen molar-refractivity contribution in [3.8, 4) is 0 Å². The van der Waals surface area contributed by atoms with E-state index in [0.717, 1.165) is 0 Å². The van der Waals surface area contributed by atoms with Crippen LogP contribution in [-0.4, -0.2) is 154 Å². The first-order chi connectivity index (χ1) is 18.1. The smallest absolute Gasteiger partial charge is 0.186 e. The van der Waals surface area contributed by atoms with E-state index in [-0.39, 0.29) is 12.8 Å². The third-order valence-electron chi connectivity index (χ3n) is 7.94. The zero-order valence-electron chi connectivity index (χ0n) is 21.7. The Kier molecular flexibility index (Phi) is 12.0. The molecule has 3 rings (SSSR count). The summed E-state index contributed by atoms with van der Waals surface area (Å²) in [4.78, 5) is 0. The minimum atomic E-state index is -1.49. The molecule has 3 aliphatic rings. The predicted molar refractivity (Wildman–Crippen MR) is 133 cm³/mol. The topological polar surface area (TPSA) is 271 Å². The van der Waals surface area contributed by atoms with Crippen LogP contribution in [0.5, 0.6) is 0 Å². The van der Waals surface area contributed by atoms with E-state index in [1.54, 1.807) is 0 Å². The highest BCUT2D eigenvalue weighted by Gasteiger charge is 2.53. The zero-order chi connectivity index (χ0) is 28.1. The summed E-state index contributed by atoms with van der Waals surface area (Å²) < 4.78 is 17.8. The van der Waals surface area contributed by atoms with E-state index in [9.17, 15) is 35.7 Å². The maximum absolute atomic E-state index is 11.6. The highest BCUT2D eigenvalue weighted by atomic mass is 16.7. The summed E-state index contributed by atoms with van der Waals surface area (Å²) in [5.41, 5.74) is 18.8. The van der Waals surface area contributed by atoms with Gasteiger partial charge in [0, 0.05) is 30.6 Å². The van der Waals surface area contributed by atoms with E-state index in [1.807, 2.05) is 6.92 Å². The van der Waals surface area contributed by atoms with Gasteiger partial charge in [-0.3, -0.25) is 0 Å².